The molecule has 0 saturated heterocycles. The number of ether oxygens (including phenoxy) is 1. The topological polar surface area (TPSA) is 90.4 Å². The van der Waals surface area contributed by atoms with Crippen LogP contribution in [0.4, 0.5) is 0 Å². The van der Waals surface area contributed by atoms with E-state index in [1.165, 1.54) is 4.68 Å². The molecular weight excluding hydrogens is 454 g/mol. The minimum Gasteiger partial charge on any atom is -0.487 e. The summed E-state index contributed by atoms with van der Waals surface area (Å²) in [6.07, 6.45) is 1.70. The number of hydrogen-bond acceptors (Lipinski definition) is 5. The molecule has 2 aromatic heterocycles. The molecule has 0 fully saturated rings. The third-order valence-corrected chi connectivity index (χ3v) is 4.95. The van der Waals surface area contributed by atoms with Crippen molar-refractivity contribution in [2.75, 3.05) is 0 Å². The number of aliphatic carboxylic acids is 1. The van der Waals surface area contributed by atoms with Gasteiger partial charge in [-0.1, -0.05) is 76.2 Å². The lowest BCUT2D eigenvalue weighted by atomic mass is 10.1. The standard InChI is InChI=1S/C25H19N3O4.2C2H6/c29-23(30)15-28-14-19-11-12-20(13-21(19)27-28)31-16-22-24(17-7-3-1-4-8-17)32-25(26-22)18-9-5-2-6-10-18;2*1-2/h1-14H,15-16H2,(H,29,30);2*1-2H3. The van der Waals surface area contributed by atoms with Crippen LogP contribution in [0.2, 0.25) is 0 Å². The Kier molecular flexibility index (Phi) is 9.40. The van der Waals surface area contributed by atoms with Gasteiger partial charge in [-0.05, 0) is 24.3 Å². The molecule has 5 rings (SSSR count). The van der Waals surface area contributed by atoms with Crippen LogP contribution in [0.15, 0.2) is 89.5 Å². The number of benzene rings is 3. The summed E-state index contributed by atoms with van der Waals surface area (Å²) in [4.78, 5) is 15.6. The molecule has 0 aliphatic heterocycles. The predicted octanol–water partition coefficient (Wildman–Crippen LogP) is 7.07. The van der Waals surface area contributed by atoms with E-state index in [2.05, 4.69) is 5.10 Å². The highest BCUT2D eigenvalue weighted by Crippen LogP contribution is 2.31. The molecule has 36 heavy (non-hydrogen) atoms. The second kappa shape index (κ2) is 12.9. The van der Waals surface area contributed by atoms with Crippen LogP contribution in [-0.2, 0) is 17.9 Å². The van der Waals surface area contributed by atoms with Gasteiger partial charge in [-0.25, -0.2) is 4.98 Å². The Balaban J connectivity index is 0.000000861. The number of oxazole rings is 1. The van der Waals surface area contributed by atoms with Crippen molar-refractivity contribution in [2.45, 2.75) is 40.8 Å². The molecule has 0 atom stereocenters. The lowest BCUT2D eigenvalue weighted by Gasteiger charge is -2.05. The Morgan fingerprint density at radius 2 is 1.56 bits per heavy atom. The summed E-state index contributed by atoms with van der Waals surface area (Å²) in [6, 6.07) is 25.0. The van der Waals surface area contributed by atoms with E-state index < -0.39 is 5.97 Å². The average Bonchev–Trinajstić information content (AvgIpc) is 3.54. The first-order chi connectivity index (χ1) is 17.7. The summed E-state index contributed by atoms with van der Waals surface area (Å²) in [5.74, 6) is 0.867. The van der Waals surface area contributed by atoms with Gasteiger partial charge in [0, 0.05) is 28.8 Å². The number of nitrogens with zero attached hydrogens (tertiary/aromatic N) is 3. The third kappa shape index (κ3) is 6.39. The van der Waals surface area contributed by atoms with Crippen LogP contribution in [0.5, 0.6) is 5.75 Å². The molecule has 0 amide bonds. The number of aromatic nitrogens is 3. The maximum absolute atomic E-state index is 10.9. The molecule has 0 radical (unpaired) electrons. The highest BCUT2D eigenvalue weighted by atomic mass is 16.5. The van der Waals surface area contributed by atoms with Gasteiger partial charge in [0.2, 0.25) is 5.89 Å². The van der Waals surface area contributed by atoms with Gasteiger partial charge in [-0.2, -0.15) is 5.10 Å². The van der Waals surface area contributed by atoms with E-state index in [-0.39, 0.29) is 13.2 Å². The molecule has 7 nitrogen and oxygen atoms in total. The first-order valence-electron chi connectivity index (χ1n) is 12.1. The van der Waals surface area contributed by atoms with Crippen molar-refractivity contribution in [3.8, 4) is 28.5 Å². The van der Waals surface area contributed by atoms with Crippen LogP contribution in [0.25, 0.3) is 33.7 Å². The Morgan fingerprint density at radius 3 is 2.19 bits per heavy atom. The van der Waals surface area contributed by atoms with Crippen molar-refractivity contribution >= 4 is 16.9 Å². The number of carboxylic acids is 1. The fourth-order valence-electron chi connectivity index (χ4n) is 3.48. The van der Waals surface area contributed by atoms with Gasteiger partial charge in [-0.3, -0.25) is 9.48 Å². The minimum absolute atomic E-state index is 0.188. The lowest BCUT2D eigenvalue weighted by molar-refractivity contribution is -0.137. The lowest BCUT2D eigenvalue weighted by Crippen LogP contribution is -2.08. The molecule has 3 aromatic carbocycles. The normalized spacial score (nSPS) is 10.1. The predicted molar refractivity (Wildman–Crippen MR) is 142 cm³/mol. The fourth-order valence-corrected chi connectivity index (χ4v) is 3.48. The van der Waals surface area contributed by atoms with E-state index in [1.54, 1.807) is 12.3 Å². The quantitative estimate of drug-likeness (QED) is 0.265. The smallest absolute Gasteiger partial charge is 0.325 e. The number of fused-ring (bicyclic) bond motifs is 1. The van der Waals surface area contributed by atoms with Crippen LogP contribution in [-0.4, -0.2) is 25.8 Å². The molecule has 5 aromatic rings. The number of carboxylic acid groups (broad SMARTS) is 1. The van der Waals surface area contributed by atoms with Gasteiger partial charge in [0.25, 0.3) is 0 Å². The Morgan fingerprint density at radius 1 is 0.917 bits per heavy atom. The Labute approximate surface area is 211 Å². The summed E-state index contributed by atoms with van der Waals surface area (Å²) in [5, 5.41) is 14.1. The van der Waals surface area contributed by atoms with Crippen molar-refractivity contribution in [1.29, 1.82) is 0 Å². The van der Waals surface area contributed by atoms with Crippen molar-refractivity contribution in [3.63, 3.8) is 0 Å². The van der Waals surface area contributed by atoms with Crippen molar-refractivity contribution in [2.24, 2.45) is 0 Å². The monoisotopic (exact) mass is 485 g/mol. The van der Waals surface area contributed by atoms with E-state index in [4.69, 9.17) is 19.2 Å². The molecule has 0 bridgehead atoms. The maximum Gasteiger partial charge on any atom is 0.325 e. The van der Waals surface area contributed by atoms with Crippen LogP contribution in [0.1, 0.15) is 33.4 Å². The first-order valence-corrected chi connectivity index (χ1v) is 12.1. The molecule has 186 valence electrons. The molecule has 0 unspecified atom stereocenters. The van der Waals surface area contributed by atoms with Gasteiger partial charge < -0.3 is 14.3 Å². The fraction of sp³-hybridized carbons (Fsp3) is 0.207. The van der Waals surface area contributed by atoms with Crippen LogP contribution >= 0.6 is 0 Å². The molecule has 1 N–H and O–H groups in total. The van der Waals surface area contributed by atoms with Crippen LogP contribution in [0.3, 0.4) is 0 Å². The van der Waals surface area contributed by atoms with Gasteiger partial charge in [0.1, 0.15) is 24.6 Å². The molecule has 0 saturated carbocycles. The zero-order valence-electron chi connectivity index (χ0n) is 21.0. The largest absolute Gasteiger partial charge is 0.487 e. The molecule has 7 heteroatoms. The van der Waals surface area contributed by atoms with Gasteiger partial charge in [0.05, 0.1) is 5.52 Å². The molecule has 0 spiro atoms. The zero-order chi connectivity index (χ0) is 25.9. The number of rotatable bonds is 7. The zero-order valence-corrected chi connectivity index (χ0v) is 21.0. The Hall–Kier alpha value is -4.39. The number of carbonyl (C=O) groups is 1. The van der Waals surface area contributed by atoms with E-state index in [1.807, 2.05) is 100 Å². The second-order valence-electron chi connectivity index (χ2n) is 7.26. The first kappa shape index (κ1) is 26.2. The number of hydrogen-bond donors (Lipinski definition) is 1. The summed E-state index contributed by atoms with van der Waals surface area (Å²) in [6.45, 7) is 8.02. The van der Waals surface area contributed by atoms with Crippen LogP contribution in [0, 0.1) is 0 Å². The SMILES string of the molecule is CC.CC.O=C(O)Cn1cc2ccc(OCc3nc(-c4ccccc4)oc3-c3ccccc3)cc2n1. The van der Waals surface area contributed by atoms with Gasteiger partial charge in [0.15, 0.2) is 5.76 Å². The van der Waals surface area contributed by atoms with Gasteiger partial charge >= 0.3 is 5.97 Å². The van der Waals surface area contributed by atoms with E-state index >= 15 is 0 Å². The summed E-state index contributed by atoms with van der Waals surface area (Å²) >= 11 is 0. The third-order valence-electron chi connectivity index (χ3n) is 4.95. The van der Waals surface area contributed by atoms with Crippen LogP contribution < -0.4 is 4.74 Å². The van der Waals surface area contributed by atoms with E-state index in [0.29, 0.717) is 28.6 Å². The second-order valence-corrected chi connectivity index (χ2v) is 7.26. The van der Waals surface area contributed by atoms with E-state index in [9.17, 15) is 4.79 Å². The van der Waals surface area contributed by atoms with Crippen molar-refractivity contribution < 1.29 is 19.1 Å². The average molecular weight is 486 g/mol. The minimum atomic E-state index is -0.942. The van der Waals surface area contributed by atoms with Crippen molar-refractivity contribution in [3.05, 3.63) is 90.8 Å². The highest BCUT2D eigenvalue weighted by Gasteiger charge is 2.17. The van der Waals surface area contributed by atoms with Crippen molar-refractivity contribution in [1.82, 2.24) is 14.8 Å². The molecule has 0 aliphatic rings. The maximum atomic E-state index is 10.9. The summed E-state index contributed by atoms with van der Waals surface area (Å²) < 4.78 is 13.5. The Bertz CT molecular complexity index is 1380. The summed E-state index contributed by atoms with van der Waals surface area (Å²) in [7, 11) is 0. The molecular formula is C29H31N3O4. The van der Waals surface area contributed by atoms with E-state index in [0.717, 1.165) is 16.5 Å². The highest BCUT2D eigenvalue weighted by molar-refractivity contribution is 5.80. The molecule has 2 heterocycles. The summed E-state index contributed by atoms with van der Waals surface area (Å²) in [5.41, 5.74) is 3.16. The molecule has 0 aliphatic carbocycles. The van der Waals surface area contributed by atoms with Gasteiger partial charge in [-0.15, -0.1) is 0 Å².